The van der Waals surface area contributed by atoms with Crippen LogP contribution < -0.4 is 4.74 Å². The van der Waals surface area contributed by atoms with Gasteiger partial charge in [-0.3, -0.25) is 4.79 Å². The van der Waals surface area contributed by atoms with Gasteiger partial charge >= 0.3 is 6.61 Å². The molecule has 0 unspecified atom stereocenters. The predicted molar refractivity (Wildman–Crippen MR) is 46.2 cm³/mol. The molecule has 1 aromatic carbocycles. The second-order valence-corrected chi connectivity index (χ2v) is 2.38. The summed E-state index contributed by atoms with van der Waals surface area (Å²) in [6.07, 6.45) is 0.549. The summed E-state index contributed by atoms with van der Waals surface area (Å²) in [6.45, 7) is -2.98. The molecule has 0 radical (unpaired) electrons. The Morgan fingerprint density at radius 3 is 2.64 bits per heavy atom. The molecule has 3 nitrogen and oxygen atoms in total. The van der Waals surface area contributed by atoms with E-state index in [1.54, 1.807) is 0 Å². The zero-order valence-corrected chi connectivity index (χ0v) is 7.04. The van der Waals surface area contributed by atoms with Gasteiger partial charge in [-0.15, -0.1) is 0 Å². The molecule has 0 aliphatic carbocycles. The number of rotatable bonds is 4. The maximum absolute atomic E-state index is 11.9. The lowest BCUT2D eigenvalue weighted by Gasteiger charge is -2.07. The number of para-hydroxylation sites is 1. The number of halogens is 2. The number of carbonyl (C=O) groups is 1. The van der Waals surface area contributed by atoms with E-state index in [0.29, 0.717) is 6.21 Å². The molecule has 0 aliphatic heterocycles. The second-order valence-electron chi connectivity index (χ2n) is 2.38. The average Bonchev–Trinajstić information content (AvgIpc) is 2.16. The van der Waals surface area contributed by atoms with Gasteiger partial charge in [0.15, 0.2) is 0 Å². The highest BCUT2D eigenvalue weighted by atomic mass is 19.3. The zero-order valence-electron chi connectivity index (χ0n) is 7.04. The summed E-state index contributed by atoms with van der Waals surface area (Å²) in [4.78, 5) is 11.0. The fourth-order valence-electron chi connectivity index (χ4n) is 0.947. The summed E-state index contributed by atoms with van der Waals surface area (Å²) >= 11 is 0. The van der Waals surface area contributed by atoms with Crippen molar-refractivity contribution in [3.63, 3.8) is 0 Å². The van der Waals surface area contributed by atoms with E-state index < -0.39 is 12.4 Å². The summed E-state index contributed by atoms with van der Waals surface area (Å²) in [5, 5.41) is 6.71. The third-order valence-electron chi connectivity index (χ3n) is 1.50. The molecule has 0 bridgehead atoms. The van der Waals surface area contributed by atoms with Crippen molar-refractivity contribution in [3.05, 3.63) is 29.8 Å². The number of benzene rings is 1. The van der Waals surface area contributed by atoms with Gasteiger partial charge in [0, 0.05) is 0 Å². The number of nitrogens with one attached hydrogen (secondary N) is 1. The Labute approximate surface area is 78.8 Å². The fourth-order valence-corrected chi connectivity index (χ4v) is 0.947. The van der Waals surface area contributed by atoms with Gasteiger partial charge in [0.2, 0.25) is 5.78 Å². The van der Waals surface area contributed by atoms with Gasteiger partial charge in [-0.1, -0.05) is 12.1 Å². The lowest BCUT2D eigenvalue weighted by atomic mass is 10.1. The van der Waals surface area contributed by atoms with Crippen molar-refractivity contribution in [1.29, 1.82) is 5.41 Å². The zero-order chi connectivity index (χ0) is 10.6. The molecule has 0 saturated heterocycles. The van der Waals surface area contributed by atoms with Gasteiger partial charge in [-0.25, -0.2) is 0 Å². The van der Waals surface area contributed by atoms with Crippen molar-refractivity contribution < 1.29 is 18.3 Å². The minimum atomic E-state index is -2.98. The van der Waals surface area contributed by atoms with Crippen LogP contribution in [-0.2, 0) is 0 Å². The van der Waals surface area contributed by atoms with Crippen LogP contribution in [0.15, 0.2) is 24.3 Å². The van der Waals surface area contributed by atoms with E-state index in [9.17, 15) is 13.6 Å². The van der Waals surface area contributed by atoms with Gasteiger partial charge in [0.1, 0.15) is 5.75 Å². The average molecular weight is 199 g/mol. The normalized spacial score (nSPS) is 9.93. The SMILES string of the molecule is N=CC(=O)c1ccccc1OC(F)F. The van der Waals surface area contributed by atoms with Crippen molar-refractivity contribution in [1.82, 2.24) is 0 Å². The number of hydrogen-bond donors (Lipinski definition) is 1. The maximum Gasteiger partial charge on any atom is 0.387 e. The molecule has 1 rings (SSSR count). The van der Waals surface area contributed by atoms with E-state index in [-0.39, 0.29) is 11.3 Å². The van der Waals surface area contributed by atoms with Crippen LogP contribution in [0, 0.1) is 5.41 Å². The Morgan fingerprint density at radius 2 is 2.07 bits per heavy atom. The number of alkyl halides is 2. The van der Waals surface area contributed by atoms with Crippen LogP contribution >= 0.6 is 0 Å². The van der Waals surface area contributed by atoms with Crippen molar-refractivity contribution in [2.24, 2.45) is 0 Å². The van der Waals surface area contributed by atoms with E-state index in [1.165, 1.54) is 24.3 Å². The molecule has 0 heterocycles. The molecule has 74 valence electrons. The molecule has 14 heavy (non-hydrogen) atoms. The quantitative estimate of drug-likeness (QED) is 0.596. The predicted octanol–water partition coefficient (Wildman–Crippen LogP) is 2.12. The van der Waals surface area contributed by atoms with Crippen LogP contribution in [0.5, 0.6) is 5.75 Å². The van der Waals surface area contributed by atoms with Crippen LogP contribution in [0.4, 0.5) is 8.78 Å². The first-order valence-electron chi connectivity index (χ1n) is 3.74. The highest BCUT2D eigenvalue weighted by molar-refractivity contribution is 6.35. The lowest BCUT2D eigenvalue weighted by molar-refractivity contribution is -0.0501. The van der Waals surface area contributed by atoms with E-state index in [1.807, 2.05) is 0 Å². The van der Waals surface area contributed by atoms with Gasteiger partial charge in [0.25, 0.3) is 0 Å². The van der Waals surface area contributed by atoms with E-state index in [2.05, 4.69) is 4.74 Å². The highest BCUT2D eigenvalue weighted by Crippen LogP contribution is 2.19. The number of Topliss-reactive ketones (excluding diaryl/α,β-unsaturated/α-hetero) is 1. The number of ketones is 1. The fraction of sp³-hybridized carbons (Fsp3) is 0.111. The monoisotopic (exact) mass is 199 g/mol. The number of carbonyl (C=O) groups excluding carboxylic acids is 1. The van der Waals surface area contributed by atoms with E-state index >= 15 is 0 Å². The summed E-state index contributed by atoms with van der Waals surface area (Å²) in [5.41, 5.74) is -0.0391. The molecule has 0 aromatic heterocycles. The van der Waals surface area contributed by atoms with Crippen LogP contribution in [0.3, 0.4) is 0 Å². The molecule has 5 heteroatoms. The Hall–Kier alpha value is -1.78. The maximum atomic E-state index is 11.9. The Kier molecular flexibility index (Phi) is 3.28. The van der Waals surface area contributed by atoms with Gasteiger partial charge in [0.05, 0.1) is 11.8 Å². The summed E-state index contributed by atoms with van der Waals surface area (Å²) in [6, 6.07) is 5.56. The standard InChI is InChI=1S/C9H7F2NO2/c10-9(11)14-8-4-2-1-3-6(8)7(13)5-12/h1-5,9,12H. The van der Waals surface area contributed by atoms with Gasteiger partial charge in [-0.05, 0) is 12.1 Å². The first kappa shape index (κ1) is 10.3. The number of ether oxygens (including phenoxy) is 1. The molecule has 0 amide bonds. The second kappa shape index (κ2) is 4.45. The molecular weight excluding hydrogens is 192 g/mol. The summed E-state index contributed by atoms with van der Waals surface area (Å²) < 4.78 is 27.9. The molecule has 0 fully saturated rings. The summed E-state index contributed by atoms with van der Waals surface area (Å²) in [7, 11) is 0. The van der Waals surface area contributed by atoms with Crippen LogP contribution in [0.25, 0.3) is 0 Å². The Morgan fingerprint density at radius 1 is 1.43 bits per heavy atom. The molecule has 1 N–H and O–H groups in total. The Bertz CT molecular complexity index is 352. The molecule has 0 atom stereocenters. The molecular formula is C9H7F2NO2. The largest absolute Gasteiger partial charge is 0.434 e. The minimum Gasteiger partial charge on any atom is -0.434 e. The Balaban J connectivity index is 3.02. The van der Waals surface area contributed by atoms with Crippen molar-refractivity contribution in [3.8, 4) is 5.75 Å². The molecule has 0 spiro atoms. The molecule has 0 aliphatic rings. The van der Waals surface area contributed by atoms with Crippen molar-refractivity contribution >= 4 is 12.0 Å². The van der Waals surface area contributed by atoms with Crippen LogP contribution in [-0.4, -0.2) is 18.6 Å². The van der Waals surface area contributed by atoms with Crippen LogP contribution in [0.2, 0.25) is 0 Å². The third-order valence-corrected chi connectivity index (χ3v) is 1.50. The van der Waals surface area contributed by atoms with E-state index in [4.69, 9.17) is 5.41 Å². The molecule has 0 saturated carbocycles. The molecule has 1 aromatic rings. The minimum absolute atomic E-state index is 0.0391. The van der Waals surface area contributed by atoms with Gasteiger partial charge in [-0.2, -0.15) is 8.78 Å². The van der Waals surface area contributed by atoms with Gasteiger partial charge < -0.3 is 10.1 Å². The first-order valence-corrected chi connectivity index (χ1v) is 3.74. The van der Waals surface area contributed by atoms with Crippen LogP contribution in [0.1, 0.15) is 10.4 Å². The van der Waals surface area contributed by atoms with E-state index in [0.717, 1.165) is 0 Å². The smallest absolute Gasteiger partial charge is 0.387 e. The van der Waals surface area contributed by atoms with Crippen molar-refractivity contribution in [2.75, 3.05) is 0 Å². The lowest BCUT2D eigenvalue weighted by Crippen LogP contribution is -2.08. The highest BCUT2D eigenvalue weighted by Gasteiger charge is 2.12. The van der Waals surface area contributed by atoms with Crippen molar-refractivity contribution in [2.45, 2.75) is 6.61 Å². The third kappa shape index (κ3) is 2.35. The number of hydrogen-bond acceptors (Lipinski definition) is 3. The first-order chi connectivity index (χ1) is 6.65. The summed E-state index contributed by atoms with van der Waals surface area (Å²) in [5.74, 6) is -0.878. The topological polar surface area (TPSA) is 50.2 Å².